The van der Waals surface area contributed by atoms with Crippen molar-refractivity contribution in [3.05, 3.63) is 46.0 Å². The van der Waals surface area contributed by atoms with Gasteiger partial charge < -0.3 is 24.1 Å². The van der Waals surface area contributed by atoms with Gasteiger partial charge in [-0.2, -0.15) is 0 Å². The Morgan fingerprint density at radius 1 is 1.00 bits per heavy atom. The molecule has 0 spiro atoms. The summed E-state index contributed by atoms with van der Waals surface area (Å²) in [5.41, 5.74) is 0.0167. The van der Waals surface area contributed by atoms with Crippen LogP contribution >= 0.6 is 0 Å². The van der Waals surface area contributed by atoms with Gasteiger partial charge in [0, 0.05) is 6.07 Å². The molecule has 0 aliphatic carbocycles. The van der Waals surface area contributed by atoms with E-state index in [1.54, 1.807) is 18.2 Å². The van der Waals surface area contributed by atoms with Gasteiger partial charge in [-0.25, -0.2) is 4.79 Å². The minimum absolute atomic E-state index is 0.0963. The van der Waals surface area contributed by atoms with Crippen molar-refractivity contribution in [3.63, 3.8) is 0 Å². The SMILES string of the molecule is COc1cc(/C=C/c2cc(O)cc(=O)o2)cc(OC)c1O. The maximum Gasteiger partial charge on any atom is 0.339 e. The minimum atomic E-state index is -0.643. The highest BCUT2D eigenvalue weighted by Gasteiger charge is 2.09. The first-order valence-corrected chi connectivity index (χ1v) is 6.00. The predicted octanol–water partition coefficient (Wildman–Crippen LogP) is 2.24. The van der Waals surface area contributed by atoms with Crippen molar-refractivity contribution < 1.29 is 24.1 Å². The third-order valence-electron chi connectivity index (χ3n) is 2.72. The van der Waals surface area contributed by atoms with Crippen LogP contribution in [0, 0.1) is 0 Å². The molecule has 0 amide bonds. The molecule has 0 aliphatic rings. The monoisotopic (exact) mass is 290 g/mol. The van der Waals surface area contributed by atoms with Crippen LogP contribution in [0.4, 0.5) is 0 Å². The Morgan fingerprint density at radius 2 is 1.62 bits per heavy atom. The third kappa shape index (κ3) is 3.36. The molecule has 0 fully saturated rings. The molecular weight excluding hydrogens is 276 g/mol. The van der Waals surface area contributed by atoms with Crippen LogP contribution < -0.4 is 15.1 Å². The fourth-order valence-corrected chi connectivity index (χ4v) is 1.75. The second-order valence-electron chi connectivity index (χ2n) is 4.14. The number of benzene rings is 1. The lowest BCUT2D eigenvalue weighted by atomic mass is 10.1. The largest absolute Gasteiger partial charge is 0.508 e. The maximum atomic E-state index is 11.1. The molecule has 110 valence electrons. The molecule has 0 saturated heterocycles. The number of ether oxygens (including phenoxy) is 2. The number of aromatic hydroxyl groups is 2. The average molecular weight is 290 g/mol. The molecule has 2 rings (SSSR count). The highest BCUT2D eigenvalue weighted by Crippen LogP contribution is 2.37. The van der Waals surface area contributed by atoms with Crippen LogP contribution in [0.15, 0.2) is 33.5 Å². The van der Waals surface area contributed by atoms with E-state index in [0.29, 0.717) is 5.56 Å². The van der Waals surface area contributed by atoms with Gasteiger partial charge in [-0.15, -0.1) is 0 Å². The van der Waals surface area contributed by atoms with E-state index in [4.69, 9.17) is 13.9 Å². The molecule has 2 N–H and O–H groups in total. The minimum Gasteiger partial charge on any atom is -0.508 e. The van der Waals surface area contributed by atoms with Gasteiger partial charge in [0.1, 0.15) is 11.5 Å². The molecule has 1 aromatic heterocycles. The molecule has 0 radical (unpaired) electrons. The highest BCUT2D eigenvalue weighted by atomic mass is 16.5. The number of phenols is 1. The fraction of sp³-hybridized carbons (Fsp3) is 0.133. The topological polar surface area (TPSA) is 89.1 Å². The van der Waals surface area contributed by atoms with Crippen molar-refractivity contribution in [3.8, 4) is 23.0 Å². The molecule has 1 heterocycles. The van der Waals surface area contributed by atoms with Gasteiger partial charge in [-0.05, 0) is 23.8 Å². The summed E-state index contributed by atoms with van der Waals surface area (Å²) < 4.78 is 15.0. The van der Waals surface area contributed by atoms with Gasteiger partial charge in [0.25, 0.3) is 0 Å². The first-order chi connectivity index (χ1) is 10.0. The lowest BCUT2D eigenvalue weighted by molar-refractivity contribution is 0.340. The maximum absolute atomic E-state index is 11.1. The number of methoxy groups -OCH3 is 2. The number of rotatable bonds is 4. The first-order valence-electron chi connectivity index (χ1n) is 6.00. The van der Waals surface area contributed by atoms with E-state index in [-0.39, 0.29) is 28.8 Å². The summed E-state index contributed by atoms with van der Waals surface area (Å²) in [4.78, 5) is 11.1. The predicted molar refractivity (Wildman–Crippen MR) is 76.8 cm³/mol. The van der Waals surface area contributed by atoms with Crippen molar-refractivity contribution in [2.45, 2.75) is 0 Å². The zero-order valence-corrected chi connectivity index (χ0v) is 11.5. The lowest BCUT2D eigenvalue weighted by Gasteiger charge is -2.09. The Balaban J connectivity index is 2.38. The average Bonchev–Trinajstić information content (AvgIpc) is 2.45. The first kappa shape index (κ1) is 14.5. The van der Waals surface area contributed by atoms with Crippen LogP contribution in [-0.2, 0) is 0 Å². The summed E-state index contributed by atoms with van der Waals surface area (Å²) in [6.45, 7) is 0. The normalized spacial score (nSPS) is 10.8. The molecule has 0 unspecified atom stereocenters. The van der Waals surface area contributed by atoms with Crippen LogP contribution in [-0.4, -0.2) is 24.4 Å². The van der Waals surface area contributed by atoms with Crippen LogP contribution in [0.5, 0.6) is 23.0 Å². The molecule has 2 aromatic rings. The standard InChI is InChI=1S/C15H14O6/c1-19-12-5-9(6-13(20-2)15(12)18)3-4-11-7-10(16)8-14(17)21-11/h3-8,16,18H,1-2H3/b4-3+. The Hall–Kier alpha value is -2.89. The molecular formula is C15H14O6. The molecule has 0 saturated carbocycles. The van der Waals surface area contributed by atoms with Crippen molar-refractivity contribution in [1.29, 1.82) is 0 Å². The number of hydrogen-bond acceptors (Lipinski definition) is 6. The molecule has 0 atom stereocenters. The van der Waals surface area contributed by atoms with Crippen LogP contribution in [0.3, 0.4) is 0 Å². The smallest absolute Gasteiger partial charge is 0.339 e. The third-order valence-corrected chi connectivity index (χ3v) is 2.72. The van der Waals surface area contributed by atoms with Gasteiger partial charge >= 0.3 is 5.63 Å². The summed E-state index contributed by atoms with van der Waals surface area (Å²) in [5, 5.41) is 19.1. The van der Waals surface area contributed by atoms with Crippen molar-refractivity contribution >= 4 is 12.2 Å². The van der Waals surface area contributed by atoms with Crippen LogP contribution in [0.25, 0.3) is 12.2 Å². The van der Waals surface area contributed by atoms with E-state index in [2.05, 4.69) is 0 Å². The van der Waals surface area contributed by atoms with Crippen LogP contribution in [0.2, 0.25) is 0 Å². The van der Waals surface area contributed by atoms with E-state index in [9.17, 15) is 15.0 Å². The zero-order chi connectivity index (χ0) is 15.4. The molecule has 6 nitrogen and oxygen atoms in total. The van der Waals surface area contributed by atoms with E-state index < -0.39 is 5.63 Å². The molecule has 1 aromatic carbocycles. The highest BCUT2D eigenvalue weighted by molar-refractivity contribution is 5.71. The number of phenolic OH excluding ortho intramolecular Hbond substituents is 1. The van der Waals surface area contributed by atoms with E-state index in [1.807, 2.05) is 0 Å². The van der Waals surface area contributed by atoms with E-state index >= 15 is 0 Å². The Bertz CT molecular complexity index is 704. The van der Waals surface area contributed by atoms with Gasteiger partial charge in [0.15, 0.2) is 11.5 Å². The summed E-state index contributed by atoms with van der Waals surface area (Å²) in [6, 6.07) is 5.47. The Morgan fingerprint density at radius 3 is 2.14 bits per heavy atom. The Labute approximate surface area is 120 Å². The zero-order valence-electron chi connectivity index (χ0n) is 11.5. The summed E-state index contributed by atoms with van der Waals surface area (Å²) in [6.07, 6.45) is 3.13. The Kier molecular flexibility index (Phi) is 4.18. The van der Waals surface area contributed by atoms with E-state index in [0.717, 1.165) is 6.07 Å². The molecule has 0 aliphatic heterocycles. The lowest BCUT2D eigenvalue weighted by Crippen LogP contribution is -1.95. The molecule has 0 bridgehead atoms. The van der Waals surface area contributed by atoms with E-state index in [1.165, 1.54) is 26.4 Å². The molecule has 21 heavy (non-hydrogen) atoms. The summed E-state index contributed by atoms with van der Waals surface area (Å²) >= 11 is 0. The van der Waals surface area contributed by atoms with Gasteiger partial charge in [0.2, 0.25) is 5.75 Å². The van der Waals surface area contributed by atoms with Crippen molar-refractivity contribution in [1.82, 2.24) is 0 Å². The van der Waals surface area contributed by atoms with Gasteiger partial charge in [0.05, 0.1) is 20.3 Å². The quantitative estimate of drug-likeness (QED) is 0.897. The summed E-state index contributed by atoms with van der Waals surface area (Å²) in [5.74, 6) is 0.441. The second kappa shape index (κ2) is 6.04. The van der Waals surface area contributed by atoms with Crippen molar-refractivity contribution in [2.24, 2.45) is 0 Å². The van der Waals surface area contributed by atoms with Crippen LogP contribution in [0.1, 0.15) is 11.3 Å². The fourth-order valence-electron chi connectivity index (χ4n) is 1.75. The second-order valence-corrected chi connectivity index (χ2v) is 4.14. The van der Waals surface area contributed by atoms with Crippen molar-refractivity contribution in [2.75, 3.05) is 14.2 Å². The summed E-state index contributed by atoms with van der Waals surface area (Å²) in [7, 11) is 2.85. The van der Waals surface area contributed by atoms with Gasteiger partial charge in [-0.3, -0.25) is 0 Å². The number of hydrogen-bond donors (Lipinski definition) is 2. The molecule has 6 heteroatoms. The van der Waals surface area contributed by atoms with Gasteiger partial charge in [-0.1, -0.05) is 6.08 Å².